The van der Waals surface area contributed by atoms with E-state index in [0.29, 0.717) is 75.4 Å². The van der Waals surface area contributed by atoms with Crippen LogP contribution in [0.3, 0.4) is 0 Å². The van der Waals surface area contributed by atoms with Crippen LogP contribution in [0.4, 0.5) is 63.9 Å². The number of H-pyrrole nitrogens is 3. The molecule has 19 heterocycles. The molecular formula is C107H115N29O4S4. The van der Waals surface area contributed by atoms with Crippen molar-refractivity contribution in [1.82, 2.24) is 68.9 Å². The highest BCUT2D eigenvalue weighted by Gasteiger charge is 2.16. The van der Waals surface area contributed by atoms with E-state index in [1.165, 1.54) is 86.4 Å². The average molecular weight is 2000 g/mol. The molecule has 26 rings (SSSR count). The number of benzene rings is 7. The minimum Gasteiger partial charge on any atom is -0.461 e. The third-order valence-electron chi connectivity index (χ3n) is 22.0. The fourth-order valence-electron chi connectivity index (χ4n) is 15.0. The van der Waals surface area contributed by atoms with Crippen molar-refractivity contribution in [3.63, 3.8) is 0 Å². The molecule has 24 aromatic rings. The molecule has 736 valence electrons. The molecule has 2 aliphatic rings. The summed E-state index contributed by atoms with van der Waals surface area (Å²) in [6.45, 7) is 27.6. The number of hydrogen-bond acceptors (Lipinski definition) is 34. The number of anilines is 11. The monoisotopic (exact) mass is 2000 g/mol. The molecule has 37 heteroatoms. The molecule has 0 radical (unpaired) electrons. The van der Waals surface area contributed by atoms with E-state index >= 15 is 0 Å². The van der Waals surface area contributed by atoms with E-state index in [4.69, 9.17) is 92.4 Å². The molecule has 0 spiro atoms. The number of furan rings is 2. The van der Waals surface area contributed by atoms with Crippen LogP contribution in [0.15, 0.2) is 265 Å². The van der Waals surface area contributed by atoms with Gasteiger partial charge in [-0.3, -0.25) is 9.98 Å². The number of nitrogens with one attached hydrogen (secondary N) is 3. The lowest BCUT2D eigenvalue weighted by atomic mass is 10.1. The van der Waals surface area contributed by atoms with E-state index < -0.39 is 0 Å². The quantitative estimate of drug-likeness (QED) is 0.0627. The highest BCUT2D eigenvalue weighted by molar-refractivity contribution is 7.19. The van der Waals surface area contributed by atoms with Gasteiger partial charge in [-0.2, -0.15) is 8.75 Å². The number of aryl methyl sites for hydroxylation is 13. The van der Waals surface area contributed by atoms with Gasteiger partial charge in [0.25, 0.3) is 0 Å². The highest BCUT2D eigenvalue weighted by atomic mass is 32.1. The number of aliphatic imine (C=N–C) groups is 2. The second-order valence-corrected chi connectivity index (χ2v) is 37.8. The van der Waals surface area contributed by atoms with E-state index in [9.17, 15) is 0 Å². The first-order valence-electron chi connectivity index (χ1n) is 44.8. The number of hydrogen-bond donors (Lipinski definition) is 16. The van der Waals surface area contributed by atoms with Gasteiger partial charge in [0, 0.05) is 106 Å². The normalized spacial score (nSPS) is 11.1. The third kappa shape index (κ3) is 26.3. The van der Waals surface area contributed by atoms with Gasteiger partial charge in [-0.05, 0) is 274 Å². The van der Waals surface area contributed by atoms with Crippen molar-refractivity contribution < 1.29 is 17.9 Å². The number of thiophene rings is 2. The van der Waals surface area contributed by atoms with Crippen LogP contribution in [0, 0.1) is 90.0 Å². The average Bonchev–Trinajstić information content (AvgIpc) is 1.68. The topological polar surface area (TPSA) is 605 Å². The number of imidazole rings is 1. The Morgan fingerprint density at radius 3 is 1.56 bits per heavy atom. The molecule has 0 fully saturated rings. The fraction of sp³-hybridized carbons (Fsp3) is 0.150. The molecular weight excluding hydrogens is 1880 g/mol. The second-order valence-electron chi connectivity index (χ2n) is 33.7. The number of nitrogens with zero attached hydrogens (tertiary/aromatic N) is 13. The third-order valence-corrected chi connectivity index (χ3v) is 25.8. The number of nitrogen functional groups attached to an aromatic ring is 11. The molecule has 0 bridgehead atoms. The van der Waals surface area contributed by atoms with Crippen molar-refractivity contribution in [3.05, 3.63) is 331 Å². The maximum atomic E-state index is 5.74. The SMILES string of the molecule is C.Cc1cc2c(N)nccc2[nH]1.Cc1cc2c(N)nccc2o1.Cc1cc2c(N)nccc2s1.Cc1cc2cccc(N)c2[nH]1.Cc1cc2ccnc(N)c2o1.Cc1cc2ccnc(N)c2s1.Cc1ccc2c(N)noc2c1.Cc1ccc2c(N)nsc2c1.Cc1ccc2c(c1)C(N)=NC2.Cc1ccc2c(c1)CN=C2N.Cc1ccc2onc(N)c2c1.Cc1ccc2snc(N)c2c1.Cc1nc2c(N)nccc2[nH]1. The first kappa shape index (κ1) is 104. The molecule has 0 saturated heterocycles. The zero-order valence-corrected chi connectivity index (χ0v) is 84.3. The van der Waals surface area contributed by atoms with Gasteiger partial charge in [-0.25, -0.2) is 34.9 Å². The van der Waals surface area contributed by atoms with Crippen LogP contribution in [-0.2, 0) is 13.1 Å². The van der Waals surface area contributed by atoms with Crippen LogP contribution in [0.5, 0.6) is 0 Å². The van der Waals surface area contributed by atoms with Crippen LogP contribution in [-0.4, -0.2) is 80.6 Å². The zero-order chi connectivity index (χ0) is 102. The maximum Gasteiger partial charge on any atom is 0.176 e. The van der Waals surface area contributed by atoms with Crippen LogP contribution >= 0.6 is 45.7 Å². The lowest BCUT2D eigenvalue weighted by Crippen LogP contribution is -2.10. The number of nitrogens with two attached hydrogens (primary N) is 13. The molecule has 0 saturated carbocycles. The summed E-state index contributed by atoms with van der Waals surface area (Å²) in [5.41, 5.74) is 95.0. The number of aromatic nitrogens is 14. The minimum absolute atomic E-state index is 0. The van der Waals surface area contributed by atoms with E-state index in [-0.39, 0.29) is 7.43 Å². The Morgan fingerprint density at radius 1 is 0.319 bits per heavy atom. The molecule has 7 aromatic carbocycles. The molecule has 2 aliphatic heterocycles. The van der Waals surface area contributed by atoms with Gasteiger partial charge in [0.15, 0.2) is 40.0 Å². The Balaban J connectivity index is 0.000000131. The molecule has 144 heavy (non-hydrogen) atoms. The number of pyridine rings is 6. The smallest absolute Gasteiger partial charge is 0.176 e. The van der Waals surface area contributed by atoms with Crippen molar-refractivity contribution in [1.29, 1.82) is 0 Å². The first-order chi connectivity index (χ1) is 68.5. The molecule has 0 unspecified atom stereocenters. The van der Waals surface area contributed by atoms with Crippen molar-refractivity contribution >= 4 is 238 Å². The van der Waals surface area contributed by atoms with Crippen molar-refractivity contribution in [2.45, 2.75) is 111 Å². The van der Waals surface area contributed by atoms with Crippen molar-refractivity contribution in [2.24, 2.45) is 21.5 Å². The van der Waals surface area contributed by atoms with E-state index in [1.54, 1.807) is 65.9 Å². The number of para-hydroxylation sites is 1. The lowest BCUT2D eigenvalue weighted by Gasteiger charge is -1.99. The molecule has 0 atom stereocenters. The Morgan fingerprint density at radius 2 is 0.854 bits per heavy atom. The van der Waals surface area contributed by atoms with Crippen LogP contribution in [0.2, 0.25) is 0 Å². The van der Waals surface area contributed by atoms with Gasteiger partial charge >= 0.3 is 0 Å². The number of amidine groups is 2. The molecule has 29 N–H and O–H groups in total. The van der Waals surface area contributed by atoms with Crippen LogP contribution < -0.4 is 74.5 Å². The Hall–Kier alpha value is -17.6. The van der Waals surface area contributed by atoms with Gasteiger partial charge in [0.2, 0.25) is 0 Å². The minimum atomic E-state index is 0. The Labute approximate surface area is 845 Å². The summed E-state index contributed by atoms with van der Waals surface area (Å²) in [5.74, 6) is 9.48. The summed E-state index contributed by atoms with van der Waals surface area (Å²) in [6.07, 6.45) is 10.2. The van der Waals surface area contributed by atoms with Crippen molar-refractivity contribution in [2.75, 3.05) is 63.1 Å². The second kappa shape index (κ2) is 46.9. The number of aromatic amines is 3. The summed E-state index contributed by atoms with van der Waals surface area (Å²) in [4.78, 5) is 48.2. The lowest BCUT2D eigenvalue weighted by molar-refractivity contribution is 0.460. The molecule has 0 aliphatic carbocycles. The predicted octanol–water partition coefficient (Wildman–Crippen LogP) is 23.0. The fourth-order valence-corrected chi connectivity index (χ4v) is 18.3. The van der Waals surface area contributed by atoms with Crippen LogP contribution in [0.1, 0.15) is 102 Å². The van der Waals surface area contributed by atoms with Gasteiger partial charge in [0.05, 0.1) is 65.6 Å². The van der Waals surface area contributed by atoms with Gasteiger partial charge < -0.3 is 107 Å². The largest absolute Gasteiger partial charge is 0.461 e. The first-order valence-corrected chi connectivity index (χ1v) is 48.0. The summed E-state index contributed by atoms with van der Waals surface area (Å²) in [7, 11) is 0. The molecule has 17 aromatic heterocycles. The van der Waals surface area contributed by atoms with Gasteiger partial charge in [-0.15, -0.1) is 22.7 Å². The summed E-state index contributed by atoms with van der Waals surface area (Å²) >= 11 is 6.34. The standard InChI is InChI=1S/3C9H10N2.C8H9N3.4C8H8N2O.4C8H8N2S.C7H8N4.CH4/c1-6-2-3-8-7(4-6)5-11-9(8)10;1-6-2-3-7-5-11-9(10)8(7)4-6;1-6-5-7-3-2-4-8(10)9(7)11-6;2*1-5-4-6-7(11-5)2-3-10-8(6)9;1-5-4-6-2-3-10-8(9)7(6)11-5;1-5-2-3-7-6(4-5)8(9)10-11-7;1-5-2-3-6-7(4-5)11-10-8(6)9;1-5-4-6-7(11-5)2-3-10-8(6)9;1-5-4-6-2-3-10-8(9)7(6)11-5;1-5-2-3-7-6(4-5)8(9)10-11-7;1-5-2-3-6-7(4-5)11-10-8(6)9;1-4-10-5-2-3-9-7(8)6(5)11-4;/h2*2-4H,5H2,1H3,(H2,10,11);2-5,11H,10H2,1H3;2-4,11H,1H3,(H2,9,10);8*2-4H,1H3,(H2,9,10);2-3H,1H3,(H2,8,9)(H,10,11);1H4. The van der Waals surface area contributed by atoms with E-state index in [2.05, 4.69) is 199 Å². The molecule has 33 nitrogen and oxygen atoms in total. The Kier molecular flexibility index (Phi) is 33.8. The summed E-state index contributed by atoms with van der Waals surface area (Å²) in [5, 5.41) is 17.6. The maximum absolute atomic E-state index is 5.74. The van der Waals surface area contributed by atoms with E-state index in [0.717, 1.165) is 161 Å². The van der Waals surface area contributed by atoms with Gasteiger partial charge in [-0.1, -0.05) is 107 Å². The Bertz CT molecular complexity index is 7720. The zero-order valence-electron chi connectivity index (χ0n) is 81.0. The molecule has 0 amide bonds. The predicted molar refractivity (Wildman–Crippen MR) is 601 cm³/mol. The van der Waals surface area contributed by atoms with Crippen LogP contribution in [0.25, 0.3) is 117 Å². The van der Waals surface area contributed by atoms with Crippen molar-refractivity contribution in [3.8, 4) is 0 Å². The number of fused-ring (bicyclic) bond motifs is 13. The number of rotatable bonds is 0. The highest BCUT2D eigenvalue weighted by Crippen LogP contribution is 2.33. The summed E-state index contributed by atoms with van der Waals surface area (Å²) in [6, 6.07) is 65.9. The van der Waals surface area contributed by atoms with Gasteiger partial charge in [0.1, 0.15) is 75.0 Å². The van der Waals surface area contributed by atoms with E-state index in [1.807, 2.05) is 164 Å². The summed E-state index contributed by atoms with van der Waals surface area (Å²) < 4.78 is 33.3.